The van der Waals surface area contributed by atoms with Crippen LogP contribution in [0.1, 0.15) is 23.2 Å². The summed E-state index contributed by atoms with van der Waals surface area (Å²) in [6, 6.07) is 13.4. The quantitative estimate of drug-likeness (QED) is 0.568. The zero-order valence-corrected chi connectivity index (χ0v) is 19.2. The van der Waals surface area contributed by atoms with E-state index < -0.39 is 10.0 Å². The molecule has 1 N–H and O–H groups in total. The second-order valence-electron chi connectivity index (χ2n) is 7.77. The van der Waals surface area contributed by atoms with Crippen LogP contribution in [0.3, 0.4) is 0 Å². The van der Waals surface area contributed by atoms with E-state index >= 15 is 0 Å². The summed E-state index contributed by atoms with van der Waals surface area (Å²) < 4.78 is 32.0. The van der Waals surface area contributed by atoms with Crippen LogP contribution < -0.4 is 15.0 Å². The molecule has 2 heterocycles. The summed E-state index contributed by atoms with van der Waals surface area (Å²) in [5.41, 5.74) is 1.59. The second kappa shape index (κ2) is 9.55. The van der Waals surface area contributed by atoms with E-state index in [1.165, 1.54) is 20.2 Å². The molecule has 1 aliphatic heterocycles. The van der Waals surface area contributed by atoms with Crippen molar-refractivity contribution in [3.63, 3.8) is 0 Å². The normalized spacial score (nSPS) is 13.8. The maximum absolute atomic E-state index is 13.2. The van der Waals surface area contributed by atoms with Gasteiger partial charge in [-0.25, -0.2) is 22.7 Å². The fourth-order valence-electron chi connectivity index (χ4n) is 3.55. The lowest BCUT2D eigenvalue weighted by atomic mass is 10.1. The summed E-state index contributed by atoms with van der Waals surface area (Å²) >= 11 is 0. The van der Waals surface area contributed by atoms with Crippen molar-refractivity contribution in [2.24, 2.45) is 0 Å². The smallest absolute Gasteiger partial charge is 0.321 e. The summed E-state index contributed by atoms with van der Waals surface area (Å²) in [5.74, 6) is 0.142. The van der Waals surface area contributed by atoms with E-state index in [0.717, 1.165) is 35.9 Å². The van der Waals surface area contributed by atoms with Gasteiger partial charge in [-0.2, -0.15) is 0 Å². The van der Waals surface area contributed by atoms with Gasteiger partial charge >= 0.3 is 6.01 Å². The van der Waals surface area contributed by atoms with Crippen molar-refractivity contribution in [3.05, 3.63) is 66.5 Å². The molecular formula is C23H25N5O4S. The first-order valence-electron chi connectivity index (χ1n) is 10.5. The number of carbonyl (C=O) groups is 1. The largest absolute Gasteiger partial charge is 0.424 e. The molecule has 9 nitrogen and oxygen atoms in total. The SMILES string of the molecule is CN(C)S(=O)(=O)c1ccc(N2CCCC2)c(C(=O)Nc2ccc(Oc3ncccn3)cc2)c1. The molecular weight excluding hydrogens is 442 g/mol. The van der Waals surface area contributed by atoms with Gasteiger partial charge in [0, 0.05) is 51.0 Å². The van der Waals surface area contributed by atoms with Crippen molar-refractivity contribution < 1.29 is 17.9 Å². The number of anilines is 2. The van der Waals surface area contributed by atoms with E-state index in [1.807, 2.05) is 0 Å². The number of nitrogens with zero attached hydrogens (tertiary/aromatic N) is 4. The molecule has 10 heteroatoms. The number of aromatic nitrogens is 2. The molecule has 0 radical (unpaired) electrons. The molecule has 0 aliphatic carbocycles. The highest BCUT2D eigenvalue weighted by Crippen LogP contribution is 2.29. The highest BCUT2D eigenvalue weighted by molar-refractivity contribution is 7.89. The van der Waals surface area contributed by atoms with Crippen molar-refractivity contribution in [3.8, 4) is 11.8 Å². The van der Waals surface area contributed by atoms with E-state index in [-0.39, 0.29) is 16.8 Å². The molecule has 0 atom stereocenters. The standard InChI is InChI=1S/C23H25N5O4S/c1-27(2)33(30,31)19-10-11-21(28-14-3-4-15-28)20(16-19)22(29)26-17-6-8-18(9-7-17)32-23-24-12-5-13-25-23/h5-13,16H,3-4,14-15H2,1-2H3,(H,26,29). The Morgan fingerprint density at radius 3 is 2.33 bits per heavy atom. The zero-order chi connectivity index (χ0) is 23.4. The number of ether oxygens (including phenoxy) is 1. The average Bonchev–Trinajstić information content (AvgIpc) is 3.35. The summed E-state index contributed by atoms with van der Waals surface area (Å²) in [6.45, 7) is 1.65. The van der Waals surface area contributed by atoms with E-state index in [2.05, 4.69) is 20.2 Å². The highest BCUT2D eigenvalue weighted by atomic mass is 32.2. The van der Waals surface area contributed by atoms with Gasteiger partial charge in [-0.1, -0.05) is 0 Å². The molecule has 4 rings (SSSR count). The Bertz CT molecular complexity index is 1230. The number of hydrogen-bond donors (Lipinski definition) is 1. The van der Waals surface area contributed by atoms with Crippen LogP contribution in [0.15, 0.2) is 65.8 Å². The first kappa shape index (κ1) is 22.7. The van der Waals surface area contributed by atoms with Crippen LogP contribution in [-0.4, -0.2) is 55.8 Å². The van der Waals surface area contributed by atoms with Crippen LogP contribution >= 0.6 is 0 Å². The van der Waals surface area contributed by atoms with Gasteiger partial charge in [0.15, 0.2) is 0 Å². The molecule has 0 spiro atoms. The Morgan fingerprint density at radius 1 is 1.03 bits per heavy atom. The van der Waals surface area contributed by atoms with Crippen molar-refractivity contribution >= 4 is 27.3 Å². The molecule has 0 unspecified atom stereocenters. The van der Waals surface area contributed by atoms with E-state index in [9.17, 15) is 13.2 Å². The summed E-state index contributed by atoms with van der Waals surface area (Å²) in [7, 11) is -0.743. The molecule has 1 amide bonds. The molecule has 1 aromatic heterocycles. The van der Waals surface area contributed by atoms with E-state index in [0.29, 0.717) is 17.0 Å². The molecule has 33 heavy (non-hydrogen) atoms. The van der Waals surface area contributed by atoms with Crippen molar-refractivity contribution in [1.82, 2.24) is 14.3 Å². The number of hydrogen-bond acceptors (Lipinski definition) is 7. The topological polar surface area (TPSA) is 105 Å². The highest BCUT2D eigenvalue weighted by Gasteiger charge is 2.24. The summed E-state index contributed by atoms with van der Waals surface area (Å²) in [5, 5.41) is 2.86. The Hall–Kier alpha value is -3.50. The Kier molecular flexibility index (Phi) is 6.57. The minimum Gasteiger partial charge on any atom is -0.424 e. The lowest BCUT2D eigenvalue weighted by molar-refractivity contribution is 0.102. The molecule has 172 valence electrons. The third kappa shape index (κ3) is 5.12. The number of sulfonamides is 1. The number of benzene rings is 2. The number of rotatable bonds is 7. The van der Waals surface area contributed by atoms with Gasteiger partial charge in [0.2, 0.25) is 10.0 Å². The fraction of sp³-hybridized carbons (Fsp3) is 0.261. The molecule has 0 saturated carbocycles. The number of amides is 1. The van der Waals surface area contributed by atoms with E-state index in [4.69, 9.17) is 4.74 Å². The van der Waals surface area contributed by atoms with Crippen LogP contribution in [-0.2, 0) is 10.0 Å². The van der Waals surface area contributed by atoms with Gasteiger partial charge in [0.1, 0.15) is 5.75 Å². The van der Waals surface area contributed by atoms with Gasteiger partial charge < -0.3 is 15.0 Å². The number of carbonyl (C=O) groups excluding carboxylic acids is 1. The van der Waals surface area contributed by atoms with Crippen LogP contribution in [0.4, 0.5) is 11.4 Å². The first-order chi connectivity index (χ1) is 15.8. The lowest BCUT2D eigenvalue weighted by Crippen LogP contribution is -2.25. The fourth-order valence-corrected chi connectivity index (χ4v) is 4.48. The van der Waals surface area contributed by atoms with Crippen molar-refractivity contribution in [1.29, 1.82) is 0 Å². The summed E-state index contributed by atoms with van der Waals surface area (Å²) in [6.07, 6.45) is 5.23. The molecule has 0 bridgehead atoms. The molecule has 3 aromatic rings. The van der Waals surface area contributed by atoms with Gasteiger partial charge in [-0.15, -0.1) is 0 Å². The van der Waals surface area contributed by atoms with Crippen LogP contribution in [0.2, 0.25) is 0 Å². The first-order valence-corrected chi connectivity index (χ1v) is 12.0. The van der Waals surface area contributed by atoms with Crippen molar-refractivity contribution in [2.75, 3.05) is 37.4 Å². The molecule has 1 aliphatic rings. The Labute approximate surface area is 193 Å². The second-order valence-corrected chi connectivity index (χ2v) is 9.92. The maximum atomic E-state index is 13.2. The monoisotopic (exact) mass is 467 g/mol. The third-order valence-corrected chi connectivity index (χ3v) is 7.11. The molecule has 1 fully saturated rings. The molecule has 2 aromatic carbocycles. The number of nitrogens with one attached hydrogen (secondary N) is 1. The minimum atomic E-state index is -3.67. The third-order valence-electron chi connectivity index (χ3n) is 5.30. The lowest BCUT2D eigenvalue weighted by Gasteiger charge is -2.22. The van der Waals surface area contributed by atoms with Gasteiger partial charge in [0.05, 0.1) is 10.5 Å². The maximum Gasteiger partial charge on any atom is 0.321 e. The van der Waals surface area contributed by atoms with Crippen LogP contribution in [0.25, 0.3) is 0 Å². The van der Waals surface area contributed by atoms with Crippen LogP contribution in [0.5, 0.6) is 11.8 Å². The zero-order valence-electron chi connectivity index (χ0n) is 18.4. The Balaban J connectivity index is 1.58. The summed E-state index contributed by atoms with van der Waals surface area (Å²) in [4.78, 5) is 23.4. The van der Waals surface area contributed by atoms with Crippen LogP contribution in [0, 0.1) is 0 Å². The predicted molar refractivity (Wildman–Crippen MR) is 125 cm³/mol. The molecule has 1 saturated heterocycles. The van der Waals surface area contributed by atoms with Crippen molar-refractivity contribution in [2.45, 2.75) is 17.7 Å². The average molecular weight is 468 g/mol. The van der Waals surface area contributed by atoms with Gasteiger partial charge in [-0.05, 0) is 61.4 Å². The van der Waals surface area contributed by atoms with E-state index in [1.54, 1.807) is 54.9 Å². The Morgan fingerprint density at radius 2 is 1.70 bits per heavy atom. The predicted octanol–water partition coefficient (Wildman–Crippen LogP) is 3.37. The van der Waals surface area contributed by atoms with Gasteiger partial charge in [0.25, 0.3) is 5.91 Å². The van der Waals surface area contributed by atoms with Gasteiger partial charge in [-0.3, -0.25) is 4.79 Å². The minimum absolute atomic E-state index is 0.0761.